The first-order valence-electron chi connectivity index (χ1n) is 6.63. The monoisotopic (exact) mass is 302 g/mol. The summed E-state index contributed by atoms with van der Waals surface area (Å²) >= 11 is 0. The van der Waals surface area contributed by atoms with Crippen LogP contribution in [0.5, 0.6) is 0 Å². The SMILES string of the molecule is O=C(O)Cc1ccc(NC(=O)NCc2ccccc2F)cc1. The number of urea groups is 1. The lowest BCUT2D eigenvalue weighted by Gasteiger charge is -2.08. The summed E-state index contributed by atoms with van der Waals surface area (Å²) in [5.74, 6) is -1.29. The van der Waals surface area contributed by atoms with Crippen molar-refractivity contribution >= 4 is 17.7 Å². The predicted molar refractivity (Wildman–Crippen MR) is 80.0 cm³/mol. The molecule has 0 bridgehead atoms. The second kappa shape index (κ2) is 7.21. The third-order valence-electron chi connectivity index (χ3n) is 2.96. The van der Waals surface area contributed by atoms with Crippen molar-refractivity contribution in [3.05, 3.63) is 65.5 Å². The molecular formula is C16H15FN2O3. The minimum Gasteiger partial charge on any atom is -0.481 e. The molecule has 0 radical (unpaired) electrons. The van der Waals surface area contributed by atoms with Crippen molar-refractivity contribution in [2.24, 2.45) is 0 Å². The van der Waals surface area contributed by atoms with Crippen LogP contribution in [0.1, 0.15) is 11.1 Å². The van der Waals surface area contributed by atoms with Crippen LogP contribution in [0.4, 0.5) is 14.9 Å². The van der Waals surface area contributed by atoms with Gasteiger partial charge in [0.1, 0.15) is 5.82 Å². The van der Waals surface area contributed by atoms with Crippen LogP contribution in [-0.4, -0.2) is 17.1 Å². The lowest BCUT2D eigenvalue weighted by Crippen LogP contribution is -2.28. The number of aliphatic carboxylic acids is 1. The van der Waals surface area contributed by atoms with Crippen LogP contribution in [-0.2, 0) is 17.8 Å². The van der Waals surface area contributed by atoms with Gasteiger partial charge in [-0.15, -0.1) is 0 Å². The van der Waals surface area contributed by atoms with Crippen LogP contribution in [0.3, 0.4) is 0 Å². The van der Waals surface area contributed by atoms with E-state index in [0.717, 1.165) is 0 Å². The number of carboxylic acid groups (broad SMARTS) is 1. The minimum absolute atomic E-state index is 0.0697. The third-order valence-corrected chi connectivity index (χ3v) is 2.96. The summed E-state index contributed by atoms with van der Waals surface area (Å²) in [5, 5.41) is 13.8. The first kappa shape index (κ1) is 15.5. The molecule has 0 saturated carbocycles. The molecule has 2 amide bonds. The van der Waals surface area contributed by atoms with E-state index < -0.39 is 12.0 Å². The lowest BCUT2D eigenvalue weighted by atomic mass is 10.1. The van der Waals surface area contributed by atoms with Crippen LogP contribution in [0.15, 0.2) is 48.5 Å². The lowest BCUT2D eigenvalue weighted by molar-refractivity contribution is -0.136. The number of nitrogens with one attached hydrogen (secondary N) is 2. The van der Waals surface area contributed by atoms with Crippen LogP contribution in [0.25, 0.3) is 0 Å². The summed E-state index contributed by atoms with van der Waals surface area (Å²) in [6.45, 7) is 0.0790. The van der Waals surface area contributed by atoms with Gasteiger partial charge in [-0.3, -0.25) is 4.79 Å². The molecule has 0 heterocycles. The molecular weight excluding hydrogens is 287 g/mol. The minimum atomic E-state index is -0.914. The number of carbonyl (C=O) groups is 2. The smallest absolute Gasteiger partial charge is 0.319 e. The zero-order valence-electron chi connectivity index (χ0n) is 11.7. The Kier molecular flexibility index (Phi) is 5.08. The van der Waals surface area contributed by atoms with Crippen molar-refractivity contribution < 1.29 is 19.1 Å². The molecule has 22 heavy (non-hydrogen) atoms. The molecule has 2 rings (SSSR count). The number of halogens is 1. The standard InChI is InChI=1S/C16H15FN2O3/c17-14-4-2-1-3-12(14)10-18-16(22)19-13-7-5-11(6-8-13)9-15(20)21/h1-8H,9-10H2,(H,20,21)(H2,18,19,22). The third kappa shape index (κ3) is 4.59. The Balaban J connectivity index is 1.87. The highest BCUT2D eigenvalue weighted by Gasteiger charge is 2.05. The normalized spacial score (nSPS) is 10.0. The Morgan fingerprint density at radius 3 is 2.36 bits per heavy atom. The largest absolute Gasteiger partial charge is 0.481 e. The van der Waals surface area contributed by atoms with Gasteiger partial charge in [0, 0.05) is 17.8 Å². The molecule has 0 aromatic heterocycles. The van der Waals surface area contributed by atoms with E-state index in [0.29, 0.717) is 16.8 Å². The van der Waals surface area contributed by atoms with Gasteiger partial charge >= 0.3 is 12.0 Å². The van der Waals surface area contributed by atoms with Gasteiger partial charge < -0.3 is 15.7 Å². The van der Waals surface area contributed by atoms with E-state index in [1.807, 2.05) is 0 Å². The van der Waals surface area contributed by atoms with Crippen LogP contribution in [0.2, 0.25) is 0 Å². The number of carbonyl (C=O) groups excluding carboxylic acids is 1. The molecule has 5 nitrogen and oxygen atoms in total. The maximum Gasteiger partial charge on any atom is 0.319 e. The average molecular weight is 302 g/mol. The zero-order valence-corrected chi connectivity index (χ0v) is 11.7. The van der Waals surface area contributed by atoms with Gasteiger partial charge in [-0.2, -0.15) is 0 Å². The maximum absolute atomic E-state index is 13.4. The molecule has 0 saturated heterocycles. The van der Waals surface area contributed by atoms with Gasteiger partial charge in [0.2, 0.25) is 0 Å². The van der Waals surface area contributed by atoms with Gasteiger partial charge in [0.05, 0.1) is 6.42 Å². The van der Waals surface area contributed by atoms with E-state index >= 15 is 0 Å². The molecule has 6 heteroatoms. The molecule has 0 atom stereocenters. The average Bonchev–Trinajstić information content (AvgIpc) is 2.48. The number of anilines is 1. The molecule has 0 spiro atoms. The van der Waals surface area contributed by atoms with E-state index in [4.69, 9.17) is 5.11 Å². The summed E-state index contributed by atoms with van der Waals surface area (Å²) in [5.41, 5.74) is 1.57. The molecule has 0 aliphatic rings. The van der Waals surface area contributed by atoms with Crippen LogP contribution >= 0.6 is 0 Å². The number of hydrogen-bond donors (Lipinski definition) is 3. The topological polar surface area (TPSA) is 78.4 Å². The Hall–Kier alpha value is -2.89. The zero-order chi connectivity index (χ0) is 15.9. The number of rotatable bonds is 5. The molecule has 2 aromatic carbocycles. The first-order chi connectivity index (χ1) is 10.5. The van der Waals surface area contributed by atoms with Crippen molar-refractivity contribution in [3.8, 4) is 0 Å². The van der Waals surface area contributed by atoms with Crippen molar-refractivity contribution in [2.45, 2.75) is 13.0 Å². The van der Waals surface area contributed by atoms with Gasteiger partial charge in [0.25, 0.3) is 0 Å². The summed E-state index contributed by atoms with van der Waals surface area (Å²) in [6.07, 6.45) is -0.0697. The highest BCUT2D eigenvalue weighted by atomic mass is 19.1. The van der Waals surface area contributed by atoms with Gasteiger partial charge in [-0.25, -0.2) is 9.18 Å². The Labute approximate surface area is 126 Å². The number of carboxylic acids is 1. The van der Waals surface area contributed by atoms with Gasteiger partial charge in [0.15, 0.2) is 0 Å². The second-order valence-electron chi connectivity index (χ2n) is 4.67. The summed E-state index contributed by atoms with van der Waals surface area (Å²) in [6, 6.07) is 12.2. The fourth-order valence-electron chi connectivity index (χ4n) is 1.87. The summed E-state index contributed by atoms with van der Waals surface area (Å²) in [7, 11) is 0. The van der Waals surface area contributed by atoms with E-state index in [9.17, 15) is 14.0 Å². The number of hydrogen-bond acceptors (Lipinski definition) is 2. The quantitative estimate of drug-likeness (QED) is 0.794. The van der Waals surface area contributed by atoms with Crippen molar-refractivity contribution in [1.82, 2.24) is 5.32 Å². The van der Waals surface area contributed by atoms with E-state index in [1.54, 1.807) is 42.5 Å². The first-order valence-corrected chi connectivity index (χ1v) is 6.63. The highest BCUT2D eigenvalue weighted by molar-refractivity contribution is 5.89. The van der Waals surface area contributed by atoms with Crippen molar-refractivity contribution in [1.29, 1.82) is 0 Å². The number of amides is 2. The summed E-state index contributed by atoms with van der Waals surface area (Å²) < 4.78 is 13.4. The fraction of sp³-hybridized carbons (Fsp3) is 0.125. The molecule has 114 valence electrons. The highest BCUT2D eigenvalue weighted by Crippen LogP contribution is 2.10. The van der Waals surface area contributed by atoms with Crippen LogP contribution < -0.4 is 10.6 Å². The molecule has 3 N–H and O–H groups in total. The summed E-state index contributed by atoms with van der Waals surface area (Å²) in [4.78, 5) is 22.3. The number of benzene rings is 2. The maximum atomic E-state index is 13.4. The van der Waals surface area contributed by atoms with Crippen molar-refractivity contribution in [3.63, 3.8) is 0 Å². The van der Waals surface area contributed by atoms with E-state index in [-0.39, 0.29) is 18.8 Å². The van der Waals surface area contributed by atoms with Gasteiger partial charge in [-0.05, 0) is 23.8 Å². The Bertz CT molecular complexity index is 671. The van der Waals surface area contributed by atoms with Gasteiger partial charge in [-0.1, -0.05) is 30.3 Å². The van der Waals surface area contributed by atoms with Crippen LogP contribution in [0, 0.1) is 5.82 Å². The Morgan fingerprint density at radius 1 is 1.05 bits per heavy atom. The molecule has 0 aliphatic carbocycles. The molecule has 0 aliphatic heterocycles. The molecule has 0 unspecified atom stereocenters. The fourth-order valence-corrected chi connectivity index (χ4v) is 1.87. The second-order valence-corrected chi connectivity index (χ2v) is 4.67. The Morgan fingerprint density at radius 2 is 1.73 bits per heavy atom. The predicted octanol–water partition coefficient (Wildman–Crippen LogP) is 2.77. The molecule has 2 aromatic rings. The van der Waals surface area contributed by atoms with E-state index in [2.05, 4.69) is 10.6 Å². The van der Waals surface area contributed by atoms with Crippen molar-refractivity contribution in [2.75, 3.05) is 5.32 Å². The van der Waals surface area contributed by atoms with E-state index in [1.165, 1.54) is 6.07 Å². The molecule has 0 fully saturated rings.